The van der Waals surface area contributed by atoms with Gasteiger partial charge in [-0.1, -0.05) is 301 Å². The molecule has 0 saturated carbocycles. The summed E-state index contributed by atoms with van der Waals surface area (Å²) in [7, 11) is 0. The highest BCUT2D eigenvalue weighted by atomic mass is 14.3. The van der Waals surface area contributed by atoms with E-state index in [9.17, 15) is 0 Å². The van der Waals surface area contributed by atoms with E-state index in [0.29, 0.717) is 0 Å². The number of hydrogen-bond acceptors (Lipinski definition) is 0. The Morgan fingerprint density at radius 1 is 0.143 bits per heavy atom. The zero-order chi connectivity index (χ0) is 66.5. The van der Waals surface area contributed by atoms with Crippen molar-refractivity contribution in [3.05, 3.63) is 265 Å². The van der Waals surface area contributed by atoms with Crippen molar-refractivity contribution in [3.63, 3.8) is 0 Å². The van der Waals surface area contributed by atoms with Gasteiger partial charge in [0, 0.05) is 0 Å². The molecule has 468 valence electrons. The summed E-state index contributed by atoms with van der Waals surface area (Å²) in [5, 5.41) is 38.8. The Labute approximate surface area is 572 Å². The van der Waals surface area contributed by atoms with Crippen LogP contribution in [-0.2, 0) is 21.7 Å². The summed E-state index contributed by atoms with van der Waals surface area (Å²) in [4.78, 5) is 0. The number of fused-ring (bicyclic) bond motifs is 5. The van der Waals surface area contributed by atoms with Gasteiger partial charge in [0.25, 0.3) is 0 Å². The van der Waals surface area contributed by atoms with Crippen LogP contribution in [0.15, 0.2) is 243 Å². The molecular weight excluding hydrogens is 1180 g/mol. The lowest BCUT2D eigenvalue weighted by Crippen LogP contribution is -2.10. The topological polar surface area (TPSA) is 0 Å². The quantitative estimate of drug-likeness (QED) is 0.154. The Balaban J connectivity index is 0.912. The third kappa shape index (κ3) is 8.25. The summed E-state index contributed by atoms with van der Waals surface area (Å²) < 4.78 is 0. The van der Waals surface area contributed by atoms with E-state index in [-0.39, 0.29) is 21.7 Å². The summed E-state index contributed by atoms with van der Waals surface area (Å²) in [6.45, 7) is 27.9. The summed E-state index contributed by atoms with van der Waals surface area (Å²) in [6.07, 6.45) is 0. The summed E-state index contributed by atoms with van der Waals surface area (Å²) in [5.74, 6) is 0. The molecule has 0 fully saturated rings. The molecule has 0 heterocycles. The molecule has 0 radical (unpaired) electrons. The minimum Gasteiger partial charge on any atom is -0.0561 e. The Morgan fingerprint density at radius 2 is 0.347 bits per heavy atom. The lowest BCUT2D eigenvalue weighted by Gasteiger charge is -2.23. The standard InChI is InChI=1S/C98H76/c1-95(2,3)67-41-59-17-13-53-21-31-71(77-37-27-63(45-67)87(59)91(53)77)57-25-35-75-81(49-57)85-51-84(74-34-24-56-16-20-62-44-70(98(10,11)12)48-66-30-40-80(74)94(56)90(62)66)76-36-26-58(72-32-22-54-14-18-60-42-68(96(4,5)6)46-64-28-38-78(72)92(54)88(60)64)50-82(76)86(85)52-83(75)73-33-23-55-15-19-61-43-69(97(7,8)9)47-65-29-39-79(73)93(55)89(61)65/h13-52H,1-12H3. The van der Waals surface area contributed by atoms with Crippen LogP contribution in [0.3, 0.4) is 0 Å². The van der Waals surface area contributed by atoms with Gasteiger partial charge in [0.1, 0.15) is 0 Å². The zero-order valence-electron chi connectivity index (χ0n) is 58.1. The van der Waals surface area contributed by atoms with Crippen LogP contribution in [0.4, 0.5) is 0 Å². The predicted octanol–water partition coefficient (Wildman–Crippen LogP) is 28.6. The second kappa shape index (κ2) is 19.6. The third-order valence-electron chi connectivity index (χ3n) is 23.1. The SMILES string of the molecule is CC(C)(C)c1cc2ccc3ccc(-c4ccc5c(-c6ccc7ccc8cc(C(C)(C)C)cc9ccc6c7c89)cc6c7cc(-c8ccc9ccc%10cc(C(C)(C)C)cc%11ccc8c9c%10%11)ccc7c(-c7ccc8ccc9cc(C(C)(C)C)cc%10ccc7c8c9%10)cc6c5c4)c4ccc(c1)c2c34. The van der Waals surface area contributed by atoms with Gasteiger partial charge in [0.05, 0.1) is 0 Å². The molecule has 0 heteroatoms. The largest absolute Gasteiger partial charge is 0.0561 e. The average Bonchev–Trinajstić information content (AvgIpc) is 0.721. The number of benzene rings is 20. The Morgan fingerprint density at radius 3 is 0.612 bits per heavy atom. The maximum absolute atomic E-state index is 2.59. The zero-order valence-corrected chi connectivity index (χ0v) is 58.1. The van der Waals surface area contributed by atoms with Crippen LogP contribution in [0.25, 0.3) is 206 Å². The second-order valence-electron chi connectivity index (χ2n) is 33.2. The van der Waals surface area contributed by atoms with Crippen molar-refractivity contribution in [2.75, 3.05) is 0 Å². The fraction of sp³-hybridized carbons (Fsp3) is 0.163. The highest BCUT2D eigenvalue weighted by Gasteiger charge is 2.27. The average molecular weight is 1250 g/mol. The molecule has 0 aromatic heterocycles. The van der Waals surface area contributed by atoms with Crippen LogP contribution in [0.2, 0.25) is 0 Å². The lowest BCUT2D eigenvalue weighted by atomic mass is 9.81. The highest BCUT2D eigenvalue weighted by Crippen LogP contribution is 2.52. The van der Waals surface area contributed by atoms with Gasteiger partial charge in [-0.25, -0.2) is 0 Å². The van der Waals surface area contributed by atoms with E-state index in [1.54, 1.807) is 0 Å². The van der Waals surface area contributed by atoms with Gasteiger partial charge in [0.2, 0.25) is 0 Å². The smallest absolute Gasteiger partial charge is 0.00206 e. The molecular formula is C98H76. The Bertz CT molecular complexity index is 6360. The fourth-order valence-electron chi connectivity index (χ4n) is 17.8. The highest BCUT2D eigenvalue weighted by molar-refractivity contribution is 6.33. The van der Waals surface area contributed by atoms with E-state index in [1.165, 1.54) is 228 Å². The first-order valence-corrected chi connectivity index (χ1v) is 35.4. The molecule has 0 amide bonds. The molecule has 0 saturated heterocycles. The fourth-order valence-corrected chi connectivity index (χ4v) is 17.8. The molecule has 0 atom stereocenters. The molecule has 0 bridgehead atoms. The van der Waals surface area contributed by atoms with Crippen molar-refractivity contribution >= 4 is 162 Å². The molecule has 0 aliphatic heterocycles. The van der Waals surface area contributed by atoms with Crippen LogP contribution in [0, 0.1) is 0 Å². The van der Waals surface area contributed by atoms with Gasteiger partial charge in [-0.3, -0.25) is 0 Å². The molecule has 0 nitrogen and oxygen atoms in total. The van der Waals surface area contributed by atoms with Gasteiger partial charge in [-0.2, -0.15) is 0 Å². The maximum Gasteiger partial charge on any atom is -0.00206 e. The molecule has 0 aliphatic carbocycles. The van der Waals surface area contributed by atoms with E-state index >= 15 is 0 Å². The van der Waals surface area contributed by atoms with Crippen molar-refractivity contribution in [1.29, 1.82) is 0 Å². The molecule has 20 aromatic carbocycles. The molecule has 0 N–H and O–H groups in total. The summed E-state index contributed by atoms with van der Waals surface area (Å²) >= 11 is 0. The van der Waals surface area contributed by atoms with Crippen LogP contribution >= 0.6 is 0 Å². The lowest BCUT2D eigenvalue weighted by molar-refractivity contribution is 0.591. The molecule has 98 heavy (non-hydrogen) atoms. The van der Waals surface area contributed by atoms with Crippen molar-refractivity contribution in [2.45, 2.75) is 105 Å². The normalized spacial score (nSPS) is 13.3. The molecule has 0 spiro atoms. The van der Waals surface area contributed by atoms with E-state index in [1.807, 2.05) is 0 Å². The minimum absolute atomic E-state index is 0.0155. The summed E-state index contributed by atoms with van der Waals surface area (Å²) in [6, 6.07) is 96.8. The monoisotopic (exact) mass is 1250 g/mol. The number of rotatable bonds is 4. The van der Waals surface area contributed by atoms with E-state index in [4.69, 9.17) is 0 Å². The Hall–Kier alpha value is -10.7. The maximum atomic E-state index is 2.59. The minimum atomic E-state index is 0.0155. The second-order valence-corrected chi connectivity index (χ2v) is 33.2. The van der Waals surface area contributed by atoms with E-state index < -0.39 is 0 Å². The molecule has 0 unspecified atom stereocenters. The molecule has 20 aromatic rings. The Kier molecular flexibility index (Phi) is 11.5. The van der Waals surface area contributed by atoms with Crippen LogP contribution in [-0.4, -0.2) is 0 Å². The molecule has 0 aliphatic rings. The van der Waals surface area contributed by atoms with Crippen molar-refractivity contribution in [1.82, 2.24) is 0 Å². The third-order valence-corrected chi connectivity index (χ3v) is 23.1. The first kappa shape index (κ1) is 57.6. The van der Waals surface area contributed by atoms with Crippen molar-refractivity contribution in [2.24, 2.45) is 0 Å². The van der Waals surface area contributed by atoms with Crippen LogP contribution in [0.1, 0.15) is 105 Å². The van der Waals surface area contributed by atoms with Crippen LogP contribution < -0.4 is 0 Å². The van der Waals surface area contributed by atoms with Crippen molar-refractivity contribution in [3.8, 4) is 44.5 Å². The van der Waals surface area contributed by atoms with E-state index in [2.05, 4.69) is 326 Å². The van der Waals surface area contributed by atoms with Gasteiger partial charge in [-0.15, -0.1) is 0 Å². The van der Waals surface area contributed by atoms with Gasteiger partial charge >= 0.3 is 0 Å². The van der Waals surface area contributed by atoms with Crippen LogP contribution in [0.5, 0.6) is 0 Å². The predicted molar refractivity (Wildman–Crippen MR) is 430 cm³/mol. The van der Waals surface area contributed by atoms with Crippen molar-refractivity contribution < 1.29 is 0 Å². The first-order chi connectivity index (χ1) is 47.1. The van der Waals surface area contributed by atoms with Gasteiger partial charge < -0.3 is 0 Å². The van der Waals surface area contributed by atoms with Gasteiger partial charge in [-0.05, 0) is 274 Å². The molecule has 20 rings (SSSR count). The van der Waals surface area contributed by atoms with E-state index in [0.717, 1.165) is 0 Å². The summed E-state index contributed by atoms with van der Waals surface area (Å²) in [5.41, 5.74) is 15.4. The number of hydrogen-bond donors (Lipinski definition) is 0. The van der Waals surface area contributed by atoms with Gasteiger partial charge in [0.15, 0.2) is 0 Å². The first-order valence-electron chi connectivity index (χ1n) is 35.4.